The summed E-state index contributed by atoms with van der Waals surface area (Å²) in [5, 5.41) is 17.5. The van der Waals surface area contributed by atoms with Crippen LogP contribution in [0.2, 0.25) is 0 Å². The molecule has 2 aliphatic carbocycles. The SMILES string of the molecule is CNC(=O)c1sc2ncccc2c1C1CCC(CNC(=O)CC2(O)CCCCC2)CC1. The number of carbonyl (C=O) groups excluding carboxylic acids is 2. The predicted molar refractivity (Wildman–Crippen MR) is 123 cm³/mol. The number of pyridine rings is 1. The van der Waals surface area contributed by atoms with Crippen LogP contribution in [-0.4, -0.2) is 41.1 Å². The number of aliphatic hydroxyl groups is 1. The normalized spacial score (nSPS) is 23.4. The second-order valence-electron chi connectivity index (χ2n) is 9.26. The summed E-state index contributed by atoms with van der Waals surface area (Å²) in [6, 6.07) is 4.01. The lowest BCUT2D eigenvalue weighted by molar-refractivity contribution is -0.127. The van der Waals surface area contributed by atoms with E-state index in [1.165, 1.54) is 11.3 Å². The number of hydrogen-bond donors (Lipinski definition) is 3. The molecule has 2 amide bonds. The summed E-state index contributed by atoms with van der Waals surface area (Å²) in [5.74, 6) is 0.740. The molecular formula is C24H33N3O3S. The van der Waals surface area contributed by atoms with Crippen LogP contribution in [0, 0.1) is 5.92 Å². The van der Waals surface area contributed by atoms with Crippen LogP contribution in [0.4, 0.5) is 0 Å². The van der Waals surface area contributed by atoms with Gasteiger partial charge < -0.3 is 15.7 Å². The highest BCUT2D eigenvalue weighted by molar-refractivity contribution is 7.20. The Kier molecular flexibility index (Phi) is 6.92. The van der Waals surface area contributed by atoms with Crippen molar-refractivity contribution in [3.05, 3.63) is 28.8 Å². The van der Waals surface area contributed by atoms with Gasteiger partial charge in [-0.25, -0.2) is 4.98 Å². The minimum Gasteiger partial charge on any atom is -0.389 e. The van der Waals surface area contributed by atoms with Gasteiger partial charge in [0.2, 0.25) is 5.91 Å². The molecule has 0 unspecified atom stereocenters. The van der Waals surface area contributed by atoms with Gasteiger partial charge in [0.05, 0.1) is 16.9 Å². The van der Waals surface area contributed by atoms with E-state index in [1.807, 2.05) is 6.07 Å². The van der Waals surface area contributed by atoms with E-state index >= 15 is 0 Å². The Morgan fingerprint density at radius 2 is 1.94 bits per heavy atom. The molecule has 0 bridgehead atoms. The lowest BCUT2D eigenvalue weighted by Crippen LogP contribution is -2.40. The molecule has 0 aliphatic heterocycles. The van der Waals surface area contributed by atoms with Crippen molar-refractivity contribution in [1.29, 1.82) is 0 Å². The standard InChI is InChI=1S/C24H33N3O3S/c1-25-22(29)21-20(18-6-5-13-26-23(18)31-21)17-9-7-16(8-10-17)15-27-19(28)14-24(30)11-3-2-4-12-24/h5-6,13,16-17,30H,2-4,7-12,14-15H2,1H3,(H,25,29)(H,27,28). The van der Waals surface area contributed by atoms with Crippen molar-refractivity contribution in [3.8, 4) is 0 Å². The van der Waals surface area contributed by atoms with Gasteiger partial charge in [0.15, 0.2) is 0 Å². The minimum atomic E-state index is -0.801. The maximum Gasteiger partial charge on any atom is 0.261 e. The number of rotatable bonds is 6. The number of fused-ring (bicyclic) bond motifs is 1. The molecule has 2 aromatic rings. The molecule has 168 valence electrons. The van der Waals surface area contributed by atoms with Crippen LogP contribution in [0.5, 0.6) is 0 Å². The van der Waals surface area contributed by atoms with Crippen molar-refractivity contribution < 1.29 is 14.7 Å². The summed E-state index contributed by atoms with van der Waals surface area (Å²) >= 11 is 1.48. The first-order chi connectivity index (χ1) is 15.0. The monoisotopic (exact) mass is 443 g/mol. The third kappa shape index (κ3) is 5.09. The summed E-state index contributed by atoms with van der Waals surface area (Å²) in [6.45, 7) is 0.676. The summed E-state index contributed by atoms with van der Waals surface area (Å²) in [5.41, 5.74) is 0.346. The minimum absolute atomic E-state index is 0.0247. The molecule has 31 heavy (non-hydrogen) atoms. The van der Waals surface area contributed by atoms with E-state index in [-0.39, 0.29) is 18.2 Å². The Labute approximate surface area is 187 Å². The van der Waals surface area contributed by atoms with E-state index < -0.39 is 5.60 Å². The number of thiophene rings is 1. The van der Waals surface area contributed by atoms with Crippen LogP contribution in [0.15, 0.2) is 18.3 Å². The topological polar surface area (TPSA) is 91.3 Å². The molecule has 0 radical (unpaired) electrons. The molecule has 6 nitrogen and oxygen atoms in total. The molecule has 2 aromatic heterocycles. The maximum atomic E-state index is 12.5. The molecule has 0 atom stereocenters. The van der Waals surface area contributed by atoms with Gasteiger partial charge in [0.25, 0.3) is 5.91 Å². The predicted octanol–water partition coefficient (Wildman–Crippen LogP) is 4.13. The Hall–Kier alpha value is -1.99. The van der Waals surface area contributed by atoms with Crippen molar-refractivity contribution in [2.45, 2.75) is 75.7 Å². The van der Waals surface area contributed by atoms with Crippen LogP contribution in [-0.2, 0) is 4.79 Å². The van der Waals surface area contributed by atoms with Gasteiger partial charge in [-0.15, -0.1) is 11.3 Å². The molecule has 7 heteroatoms. The van der Waals surface area contributed by atoms with E-state index in [0.29, 0.717) is 18.4 Å². The average molecular weight is 444 g/mol. The van der Waals surface area contributed by atoms with Gasteiger partial charge in [-0.1, -0.05) is 25.3 Å². The van der Waals surface area contributed by atoms with Crippen molar-refractivity contribution in [2.24, 2.45) is 5.92 Å². The first-order valence-electron chi connectivity index (χ1n) is 11.6. The lowest BCUT2D eigenvalue weighted by atomic mass is 9.77. The fraction of sp³-hybridized carbons (Fsp3) is 0.625. The second kappa shape index (κ2) is 9.65. The van der Waals surface area contributed by atoms with Crippen LogP contribution < -0.4 is 10.6 Å². The maximum absolute atomic E-state index is 12.5. The summed E-state index contributed by atoms with van der Waals surface area (Å²) in [4.78, 5) is 31.0. The van der Waals surface area contributed by atoms with Gasteiger partial charge in [-0.3, -0.25) is 9.59 Å². The second-order valence-corrected chi connectivity index (χ2v) is 10.3. The van der Waals surface area contributed by atoms with Crippen LogP contribution in [0.3, 0.4) is 0 Å². The van der Waals surface area contributed by atoms with Crippen molar-refractivity contribution >= 4 is 33.4 Å². The highest BCUT2D eigenvalue weighted by Crippen LogP contribution is 2.43. The smallest absolute Gasteiger partial charge is 0.261 e. The fourth-order valence-corrected chi connectivity index (χ4v) is 6.48. The Bertz CT molecular complexity index is 927. The lowest BCUT2D eigenvalue weighted by Gasteiger charge is -2.32. The molecule has 2 heterocycles. The van der Waals surface area contributed by atoms with E-state index in [0.717, 1.165) is 78.4 Å². The first kappa shape index (κ1) is 22.2. The Morgan fingerprint density at radius 1 is 1.19 bits per heavy atom. The van der Waals surface area contributed by atoms with E-state index in [1.54, 1.807) is 13.2 Å². The van der Waals surface area contributed by atoms with Gasteiger partial charge in [-0.05, 0) is 62.0 Å². The Morgan fingerprint density at radius 3 is 2.65 bits per heavy atom. The van der Waals surface area contributed by atoms with Crippen LogP contribution in [0.25, 0.3) is 10.2 Å². The Balaban J connectivity index is 1.34. The third-order valence-electron chi connectivity index (χ3n) is 7.05. The zero-order valence-electron chi connectivity index (χ0n) is 18.3. The first-order valence-corrected chi connectivity index (χ1v) is 12.4. The number of carbonyl (C=O) groups is 2. The van der Waals surface area contributed by atoms with E-state index in [2.05, 4.69) is 21.7 Å². The highest BCUT2D eigenvalue weighted by atomic mass is 32.1. The number of nitrogens with zero attached hydrogens (tertiary/aromatic N) is 1. The molecule has 2 fully saturated rings. The summed E-state index contributed by atoms with van der Waals surface area (Å²) < 4.78 is 0. The molecule has 0 spiro atoms. The largest absolute Gasteiger partial charge is 0.389 e. The van der Waals surface area contributed by atoms with Crippen LogP contribution in [0.1, 0.15) is 85.4 Å². The molecule has 4 rings (SSSR count). The van der Waals surface area contributed by atoms with Gasteiger partial charge in [-0.2, -0.15) is 0 Å². The van der Waals surface area contributed by atoms with Crippen LogP contribution >= 0.6 is 11.3 Å². The number of nitrogens with one attached hydrogen (secondary N) is 2. The quantitative estimate of drug-likeness (QED) is 0.626. The summed E-state index contributed by atoms with van der Waals surface area (Å²) in [7, 11) is 1.67. The number of amides is 2. The van der Waals surface area contributed by atoms with E-state index in [9.17, 15) is 14.7 Å². The molecular weight excluding hydrogens is 410 g/mol. The van der Waals surface area contributed by atoms with Crippen molar-refractivity contribution in [2.75, 3.05) is 13.6 Å². The van der Waals surface area contributed by atoms with Gasteiger partial charge in [0.1, 0.15) is 4.83 Å². The molecule has 0 aromatic carbocycles. The number of hydrogen-bond acceptors (Lipinski definition) is 5. The van der Waals surface area contributed by atoms with Crippen molar-refractivity contribution in [3.63, 3.8) is 0 Å². The van der Waals surface area contributed by atoms with Gasteiger partial charge >= 0.3 is 0 Å². The summed E-state index contributed by atoms with van der Waals surface area (Å²) in [6.07, 6.45) is 10.7. The average Bonchev–Trinajstić information content (AvgIpc) is 3.17. The highest BCUT2D eigenvalue weighted by Gasteiger charge is 2.32. The molecule has 3 N–H and O–H groups in total. The molecule has 0 saturated heterocycles. The zero-order valence-corrected chi connectivity index (χ0v) is 19.1. The van der Waals surface area contributed by atoms with Gasteiger partial charge in [0, 0.05) is 25.2 Å². The zero-order chi connectivity index (χ0) is 21.8. The molecule has 2 aliphatic rings. The molecule has 2 saturated carbocycles. The van der Waals surface area contributed by atoms with E-state index in [4.69, 9.17) is 0 Å². The fourth-order valence-electron chi connectivity index (χ4n) is 5.30. The third-order valence-corrected chi connectivity index (χ3v) is 8.18. The van der Waals surface area contributed by atoms with Crippen molar-refractivity contribution in [1.82, 2.24) is 15.6 Å². The number of aromatic nitrogens is 1.